The normalized spacial score (nSPS) is 15.0. The second-order valence-electron chi connectivity index (χ2n) is 7.62. The molecule has 2 aromatic rings. The van der Waals surface area contributed by atoms with Crippen molar-refractivity contribution in [3.05, 3.63) is 64.0 Å². The number of non-ortho nitro benzene ring substituents is 1. The fourth-order valence-corrected chi connectivity index (χ4v) is 3.73. The van der Waals surface area contributed by atoms with E-state index in [1.54, 1.807) is 12.1 Å². The van der Waals surface area contributed by atoms with Gasteiger partial charge in [-0.3, -0.25) is 19.8 Å². The minimum atomic E-state index is -0.563. The number of halogens is 1. The third kappa shape index (κ3) is 6.03. The Morgan fingerprint density at radius 2 is 1.75 bits per heavy atom. The summed E-state index contributed by atoms with van der Waals surface area (Å²) in [6.07, 6.45) is 2.70. The third-order valence-corrected chi connectivity index (χ3v) is 5.32. The highest BCUT2D eigenvalue weighted by Gasteiger charge is 2.34. The van der Waals surface area contributed by atoms with Crippen molar-refractivity contribution in [2.75, 3.05) is 29.9 Å². The monoisotopic (exact) mass is 444 g/mol. The van der Waals surface area contributed by atoms with Gasteiger partial charge < -0.3 is 10.2 Å². The van der Waals surface area contributed by atoms with Gasteiger partial charge in [-0.25, -0.2) is 4.39 Å². The van der Waals surface area contributed by atoms with Gasteiger partial charge in [-0.15, -0.1) is 0 Å². The van der Waals surface area contributed by atoms with Crippen LogP contribution in [0.1, 0.15) is 57.3 Å². The SMILES string of the molecule is CCC1Nc2ccc([N+](=O)[O-])cc2C(=O)N1c1ccccc1F.CCCN(CC)CCC. The molecule has 1 unspecified atom stereocenters. The van der Waals surface area contributed by atoms with Crippen LogP contribution < -0.4 is 10.2 Å². The molecule has 0 radical (unpaired) electrons. The standard InChI is InChI=1S/C16H14FN3O3.C8H19N/c1-2-15-18-13-8-7-10(20(22)23)9-11(13)16(21)19(15)14-6-4-3-5-12(14)17;1-4-7-9(6-3)8-5-2/h3-9,15,18H,2H2,1H3;4-8H2,1-3H3. The van der Waals surface area contributed by atoms with Crippen molar-refractivity contribution in [3.8, 4) is 0 Å². The fourth-order valence-electron chi connectivity index (χ4n) is 3.73. The van der Waals surface area contributed by atoms with Gasteiger partial charge in [0.1, 0.15) is 12.0 Å². The van der Waals surface area contributed by atoms with Gasteiger partial charge in [0.15, 0.2) is 0 Å². The molecular weight excluding hydrogens is 411 g/mol. The third-order valence-electron chi connectivity index (χ3n) is 5.32. The van der Waals surface area contributed by atoms with Crippen LogP contribution in [-0.2, 0) is 0 Å². The van der Waals surface area contributed by atoms with Gasteiger partial charge in [0.25, 0.3) is 11.6 Å². The van der Waals surface area contributed by atoms with Crippen LogP contribution in [0.3, 0.4) is 0 Å². The van der Waals surface area contributed by atoms with Crippen molar-refractivity contribution in [1.82, 2.24) is 4.90 Å². The average Bonchev–Trinajstić information content (AvgIpc) is 2.79. The maximum atomic E-state index is 14.1. The summed E-state index contributed by atoms with van der Waals surface area (Å²) in [6, 6.07) is 10.0. The number of nitrogens with one attached hydrogen (secondary N) is 1. The number of nitro benzene ring substituents is 1. The minimum Gasteiger partial charge on any atom is -0.364 e. The number of anilines is 2. The maximum absolute atomic E-state index is 14.1. The van der Waals surface area contributed by atoms with Crippen molar-refractivity contribution in [2.45, 2.75) is 53.1 Å². The number of amides is 1. The summed E-state index contributed by atoms with van der Waals surface area (Å²) >= 11 is 0. The lowest BCUT2D eigenvalue weighted by Crippen LogP contribution is -2.49. The molecule has 0 saturated heterocycles. The molecule has 0 bridgehead atoms. The molecule has 0 aromatic heterocycles. The van der Waals surface area contributed by atoms with Gasteiger partial charge in [-0.05, 0) is 57.1 Å². The molecule has 8 heteroatoms. The number of rotatable bonds is 8. The average molecular weight is 445 g/mol. The molecule has 0 saturated carbocycles. The zero-order valence-electron chi connectivity index (χ0n) is 19.3. The second-order valence-corrected chi connectivity index (χ2v) is 7.62. The Bertz CT molecular complexity index is 916. The van der Waals surface area contributed by atoms with Crippen molar-refractivity contribution >= 4 is 23.0 Å². The summed E-state index contributed by atoms with van der Waals surface area (Å²) in [5.41, 5.74) is 0.642. The van der Waals surface area contributed by atoms with Crippen molar-refractivity contribution in [2.24, 2.45) is 0 Å². The van der Waals surface area contributed by atoms with E-state index in [0.717, 1.165) is 0 Å². The Balaban J connectivity index is 0.000000344. The molecule has 1 N–H and O–H groups in total. The van der Waals surface area contributed by atoms with Gasteiger partial charge in [-0.2, -0.15) is 0 Å². The van der Waals surface area contributed by atoms with Gasteiger partial charge in [0.05, 0.1) is 16.2 Å². The highest BCUT2D eigenvalue weighted by atomic mass is 19.1. The summed E-state index contributed by atoms with van der Waals surface area (Å²) in [4.78, 5) is 27.0. The van der Waals surface area contributed by atoms with E-state index in [2.05, 4.69) is 31.0 Å². The Morgan fingerprint density at radius 3 is 2.28 bits per heavy atom. The smallest absolute Gasteiger partial charge is 0.270 e. The van der Waals surface area contributed by atoms with Crippen LogP contribution in [0.5, 0.6) is 0 Å². The minimum absolute atomic E-state index is 0.147. The van der Waals surface area contributed by atoms with Crippen LogP contribution in [0.15, 0.2) is 42.5 Å². The zero-order valence-corrected chi connectivity index (χ0v) is 19.3. The number of hydrogen-bond donors (Lipinski definition) is 1. The molecule has 1 atom stereocenters. The molecule has 7 nitrogen and oxygen atoms in total. The number of nitrogens with zero attached hydrogens (tertiary/aromatic N) is 3. The highest BCUT2D eigenvalue weighted by Crippen LogP contribution is 2.33. The first-order chi connectivity index (χ1) is 15.4. The Kier molecular flexibility index (Phi) is 9.59. The lowest BCUT2D eigenvalue weighted by molar-refractivity contribution is -0.384. The quantitative estimate of drug-likeness (QED) is 0.419. The number of benzene rings is 2. The molecule has 1 aliphatic rings. The van der Waals surface area contributed by atoms with Gasteiger partial charge in [0, 0.05) is 17.8 Å². The van der Waals surface area contributed by atoms with E-state index in [4.69, 9.17) is 0 Å². The largest absolute Gasteiger partial charge is 0.364 e. The summed E-state index contributed by atoms with van der Waals surface area (Å²) in [5, 5.41) is 14.1. The van der Waals surface area contributed by atoms with Crippen LogP contribution in [0.2, 0.25) is 0 Å². The van der Waals surface area contributed by atoms with Crippen LogP contribution >= 0.6 is 0 Å². The van der Waals surface area contributed by atoms with Gasteiger partial charge >= 0.3 is 0 Å². The topological polar surface area (TPSA) is 78.7 Å². The first kappa shape index (κ1) is 25.3. The number of fused-ring (bicyclic) bond motifs is 1. The molecule has 0 aliphatic carbocycles. The first-order valence-corrected chi connectivity index (χ1v) is 11.2. The molecule has 2 aromatic carbocycles. The van der Waals surface area contributed by atoms with Crippen LogP contribution in [0.4, 0.5) is 21.5 Å². The van der Waals surface area contributed by atoms with Crippen LogP contribution in [0.25, 0.3) is 0 Å². The van der Waals surface area contributed by atoms with E-state index >= 15 is 0 Å². The highest BCUT2D eigenvalue weighted by molar-refractivity contribution is 6.12. The summed E-state index contributed by atoms with van der Waals surface area (Å²) < 4.78 is 14.1. The van der Waals surface area contributed by atoms with Crippen molar-refractivity contribution in [1.29, 1.82) is 0 Å². The molecule has 1 heterocycles. The van der Waals surface area contributed by atoms with E-state index in [9.17, 15) is 19.3 Å². The number of carbonyl (C=O) groups is 1. The van der Waals surface area contributed by atoms with E-state index in [-0.39, 0.29) is 16.9 Å². The summed E-state index contributed by atoms with van der Waals surface area (Å²) in [6.45, 7) is 12.3. The van der Waals surface area contributed by atoms with Crippen LogP contribution in [0, 0.1) is 15.9 Å². The number of carbonyl (C=O) groups excluding carboxylic acids is 1. The van der Waals surface area contributed by atoms with Crippen molar-refractivity contribution in [3.63, 3.8) is 0 Å². The molecule has 1 amide bonds. The molecule has 174 valence electrons. The van der Waals surface area contributed by atoms with E-state index < -0.39 is 22.8 Å². The van der Waals surface area contributed by atoms with Gasteiger partial charge in [0.2, 0.25) is 0 Å². The molecule has 0 spiro atoms. The van der Waals surface area contributed by atoms with E-state index in [1.807, 2.05) is 6.92 Å². The molecule has 32 heavy (non-hydrogen) atoms. The Labute approximate surface area is 189 Å². The maximum Gasteiger partial charge on any atom is 0.270 e. The number of nitro groups is 1. The Morgan fingerprint density at radius 1 is 1.09 bits per heavy atom. The summed E-state index contributed by atoms with van der Waals surface area (Å²) in [7, 11) is 0. The second kappa shape index (κ2) is 12.1. The lowest BCUT2D eigenvalue weighted by atomic mass is 10.0. The fraction of sp³-hybridized carbons (Fsp3) is 0.458. The molecular formula is C24H33FN4O3. The molecule has 0 fully saturated rings. The Hall–Kier alpha value is -3.00. The predicted octanol–water partition coefficient (Wildman–Crippen LogP) is 5.67. The van der Waals surface area contributed by atoms with Crippen LogP contribution in [-0.4, -0.2) is 41.5 Å². The van der Waals surface area contributed by atoms with Gasteiger partial charge in [-0.1, -0.05) is 39.8 Å². The number of para-hydroxylation sites is 1. The first-order valence-electron chi connectivity index (χ1n) is 11.2. The zero-order chi connectivity index (χ0) is 23.7. The number of hydrogen-bond acceptors (Lipinski definition) is 5. The lowest BCUT2D eigenvalue weighted by Gasteiger charge is -2.37. The predicted molar refractivity (Wildman–Crippen MR) is 127 cm³/mol. The molecule has 3 rings (SSSR count). The summed E-state index contributed by atoms with van der Waals surface area (Å²) in [5.74, 6) is -0.977. The van der Waals surface area contributed by atoms with E-state index in [0.29, 0.717) is 12.1 Å². The van der Waals surface area contributed by atoms with Crippen molar-refractivity contribution < 1.29 is 14.1 Å². The molecule has 1 aliphatic heterocycles. The van der Waals surface area contributed by atoms with E-state index in [1.165, 1.54) is 67.7 Å².